The largest absolute Gasteiger partial charge is 0.352 e. The summed E-state index contributed by atoms with van der Waals surface area (Å²) >= 11 is 3.38. The van der Waals surface area contributed by atoms with Crippen LogP contribution in [0.25, 0.3) is 0 Å². The molecule has 0 radical (unpaired) electrons. The van der Waals surface area contributed by atoms with Gasteiger partial charge in [-0.1, -0.05) is 36.4 Å². The van der Waals surface area contributed by atoms with Crippen molar-refractivity contribution in [3.05, 3.63) is 69.7 Å². The molecule has 0 atom stereocenters. The monoisotopic (exact) mass is 317 g/mol. The molecule has 2 aromatic rings. The SMILES string of the molecule is Cc1ccccc1CCNC(=O)c1ccccc1Br. The molecule has 0 spiro atoms. The standard InChI is InChI=1S/C16H16BrNO/c1-12-6-2-3-7-13(12)10-11-18-16(19)14-8-4-5-9-15(14)17/h2-9H,10-11H2,1H3,(H,18,19). The second-order valence-electron chi connectivity index (χ2n) is 4.41. The van der Waals surface area contributed by atoms with E-state index in [1.54, 1.807) is 0 Å². The van der Waals surface area contributed by atoms with Crippen LogP contribution in [0.5, 0.6) is 0 Å². The highest BCUT2D eigenvalue weighted by Gasteiger charge is 2.08. The van der Waals surface area contributed by atoms with Crippen LogP contribution < -0.4 is 5.32 Å². The molecule has 0 bridgehead atoms. The third-order valence-electron chi connectivity index (χ3n) is 3.06. The number of halogens is 1. The number of amides is 1. The van der Waals surface area contributed by atoms with Crippen molar-refractivity contribution in [1.82, 2.24) is 5.32 Å². The summed E-state index contributed by atoms with van der Waals surface area (Å²) in [6, 6.07) is 15.7. The third-order valence-corrected chi connectivity index (χ3v) is 3.75. The predicted molar refractivity (Wildman–Crippen MR) is 81.4 cm³/mol. The number of aryl methyl sites for hydroxylation is 1. The van der Waals surface area contributed by atoms with Crippen LogP contribution in [-0.4, -0.2) is 12.5 Å². The zero-order valence-corrected chi connectivity index (χ0v) is 12.4. The van der Waals surface area contributed by atoms with E-state index in [1.165, 1.54) is 11.1 Å². The molecule has 19 heavy (non-hydrogen) atoms. The fourth-order valence-electron chi connectivity index (χ4n) is 1.94. The molecule has 0 aliphatic heterocycles. The summed E-state index contributed by atoms with van der Waals surface area (Å²) in [5.74, 6) is -0.0407. The van der Waals surface area contributed by atoms with Crippen molar-refractivity contribution in [2.24, 2.45) is 0 Å². The summed E-state index contributed by atoms with van der Waals surface area (Å²) in [4.78, 5) is 12.0. The predicted octanol–water partition coefficient (Wildman–Crippen LogP) is 3.73. The number of carbonyl (C=O) groups excluding carboxylic acids is 1. The first-order valence-corrected chi connectivity index (χ1v) is 7.05. The highest BCUT2D eigenvalue weighted by Crippen LogP contribution is 2.15. The maximum atomic E-state index is 12.0. The van der Waals surface area contributed by atoms with E-state index in [4.69, 9.17) is 0 Å². The van der Waals surface area contributed by atoms with Gasteiger partial charge >= 0.3 is 0 Å². The molecule has 3 heteroatoms. The van der Waals surface area contributed by atoms with Crippen LogP contribution in [-0.2, 0) is 6.42 Å². The summed E-state index contributed by atoms with van der Waals surface area (Å²) in [5, 5.41) is 2.95. The maximum Gasteiger partial charge on any atom is 0.252 e. The Balaban J connectivity index is 1.92. The Hall–Kier alpha value is -1.61. The zero-order chi connectivity index (χ0) is 13.7. The topological polar surface area (TPSA) is 29.1 Å². The molecule has 0 aliphatic carbocycles. The normalized spacial score (nSPS) is 10.2. The maximum absolute atomic E-state index is 12.0. The van der Waals surface area contributed by atoms with Gasteiger partial charge in [-0.3, -0.25) is 4.79 Å². The van der Waals surface area contributed by atoms with E-state index in [2.05, 4.69) is 40.3 Å². The first kappa shape index (κ1) is 13.8. The van der Waals surface area contributed by atoms with E-state index >= 15 is 0 Å². The van der Waals surface area contributed by atoms with Crippen molar-refractivity contribution in [1.29, 1.82) is 0 Å². The van der Waals surface area contributed by atoms with Gasteiger partial charge in [-0.15, -0.1) is 0 Å². The van der Waals surface area contributed by atoms with Crippen molar-refractivity contribution in [3.8, 4) is 0 Å². The number of nitrogens with one attached hydrogen (secondary N) is 1. The molecule has 2 aromatic carbocycles. The van der Waals surface area contributed by atoms with E-state index in [0.717, 1.165) is 10.9 Å². The van der Waals surface area contributed by atoms with Crippen molar-refractivity contribution in [2.45, 2.75) is 13.3 Å². The van der Waals surface area contributed by atoms with Crippen LogP contribution >= 0.6 is 15.9 Å². The van der Waals surface area contributed by atoms with Crippen molar-refractivity contribution >= 4 is 21.8 Å². The highest BCUT2D eigenvalue weighted by molar-refractivity contribution is 9.10. The number of benzene rings is 2. The third kappa shape index (κ3) is 3.67. The number of carbonyl (C=O) groups is 1. The van der Waals surface area contributed by atoms with Gasteiger partial charge in [0.05, 0.1) is 5.56 Å². The average Bonchev–Trinajstić information content (AvgIpc) is 2.41. The summed E-state index contributed by atoms with van der Waals surface area (Å²) in [6.07, 6.45) is 0.850. The molecular weight excluding hydrogens is 302 g/mol. The molecule has 1 amide bonds. The van der Waals surface area contributed by atoms with Crippen LogP contribution in [0.3, 0.4) is 0 Å². The van der Waals surface area contributed by atoms with Crippen LogP contribution in [0.15, 0.2) is 53.0 Å². The first-order valence-electron chi connectivity index (χ1n) is 6.25. The number of hydrogen-bond acceptors (Lipinski definition) is 1. The second-order valence-corrected chi connectivity index (χ2v) is 5.27. The van der Waals surface area contributed by atoms with E-state index in [0.29, 0.717) is 12.1 Å². The number of hydrogen-bond donors (Lipinski definition) is 1. The fourth-order valence-corrected chi connectivity index (χ4v) is 2.41. The van der Waals surface area contributed by atoms with Crippen molar-refractivity contribution in [2.75, 3.05) is 6.54 Å². The highest BCUT2D eigenvalue weighted by atomic mass is 79.9. The summed E-state index contributed by atoms with van der Waals surface area (Å²) in [6.45, 7) is 2.73. The quantitative estimate of drug-likeness (QED) is 0.914. The molecule has 2 rings (SSSR count). The molecule has 0 saturated heterocycles. The minimum Gasteiger partial charge on any atom is -0.352 e. The Labute approximate surface area is 122 Å². The smallest absolute Gasteiger partial charge is 0.252 e. The van der Waals surface area contributed by atoms with E-state index in [-0.39, 0.29) is 5.91 Å². The van der Waals surface area contributed by atoms with Gasteiger partial charge < -0.3 is 5.32 Å². The molecule has 0 aliphatic rings. The lowest BCUT2D eigenvalue weighted by molar-refractivity contribution is 0.0953. The summed E-state index contributed by atoms with van der Waals surface area (Å²) in [7, 11) is 0. The van der Waals surface area contributed by atoms with Crippen LogP contribution in [0.2, 0.25) is 0 Å². The average molecular weight is 318 g/mol. The van der Waals surface area contributed by atoms with Crippen LogP contribution in [0, 0.1) is 6.92 Å². The summed E-state index contributed by atoms with van der Waals surface area (Å²) in [5.41, 5.74) is 3.21. The molecule has 2 nitrogen and oxygen atoms in total. The molecule has 1 N–H and O–H groups in total. The van der Waals surface area contributed by atoms with Gasteiger partial charge in [-0.25, -0.2) is 0 Å². The van der Waals surface area contributed by atoms with Crippen LogP contribution in [0.4, 0.5) is 0 Å². The Morgan fingerprint density at radius 3 is 2.53 bits per heavy atom. The lowest BCUT2D eigenvalue weighted by Gasteiger charge is -2.08. The summed E-state index contributed by atoms with van der Waals surface area (Å²) < 4.78 is 0.823. The molecule has 0 aromatic heterocycles. The van der Waals surface area contributed by atoms with Gasteiger partial charge in [0.15, 0.2) is 0 Å². The van der Waals surface area contributed by atoms with Gasteiger partial charge in [0, 0.05) is 11.0 Å². The lowest BCUT2D eigenvalue weighted by atomic mass is 10.1. The molecule has 0 fully saturated rings. The van der Waals surface area contributed by atoms with E-state index < -0.39 is 0 Å². The van der Waals surface area contributed by atoms with E-state index in [1.807, 2.05) is 36.4 Å². The Morgan fingerprint density at radius 2 is 1.79 bits per heavy atom. The van der Waals surface area contributed by atoms with Crippen molar-refractivity contribution in [3.63, 3.8) is 0 Å². The first-order chi connectivity index (χ1) is 9.18. The van der Waals surface area contributed by atoms with Gasteiger partial charge in [0.25, 0.3) is 5.91 Å². The minimum atomic E-state index is -0.0407. The number of rotatable bonds is 4. The molecule has 0 unspecified atom stereocenters. The molecule has 0 heterocycles. The Morgan fingerprint density at radius 1 is 1.11 bits per heavy atom. The van der Waals surface area contributed by atoms with E-state index in [9.17, 15) is 4.79 Å². The minimum absolute atomic E-state index is 0.0407. The van der Waals surface area contributed by atoms with Gasteiger partial charge in [-0.2, -0.15) is 0 Å². The van der Waals surface area contributed by atoms with Gasteiger partial charge in [-0.05, 0) is 52.5 Å². The zero-order valence-electron chi connectivity index (χ0n) is 10.8. The van der Waals surface area contributed by atoms with Gasteiger partial charge in [0.2, 0.25) is 0 Å². The second kappa shape index (κ2) is 6.53. The molecular formula is C16H16BrNO. The van der Waals surface area contributed by atoms with Crippen molar-refractivity contribution < 1.29 is 4.79 Å². The van der Waals surface area contributed by atoms with Crippen LogP contribution in [0.1, 0.15) is 21.5 Å². The Kier molecular flexibility index (Phi) is 4.74. The van der Waals surface area contributed by atoms with Gasteiger partial charge in [0.1, 0.15) is 0 Å². The fraction of sp³-hybridized carbons (Fsp3) is 0.188. The lowest BCUT2D eigenvalue weighted by Crippen LogP contribution is -2.26. The Bertz CT molecular complexity index is 580. The molecule has 0 saturated carbocycles. The molecule has 98 valence electrons.